The molecule has 43 heavy (non-hydrogen) atoms. The van der Waals surface area contributed by atoms with Crippen LogP contribution in [0.2, 0.25) is 5.02 Å². The van der Waals surface area contributed by atoms with Crippen LogP contribution in [0.15, 0.2) is 24.3 Å². The number of hydrogen-bond donors (Lipinski definition) is 3. The number of fused-ring (bicyclic) bond motifs is 5. The summed E-state index contributed by atoms with van der Waals surface area (Å²) in [5.74, 6) is -4.16. The van der Waals surface area contributed by atoms with Gasteiger partial charge >= 0.3 is 12.1 Å². The van der Waals surface area contributed by atoms with E-state index in [0.717, 1.165) is 5.56 Å². The molecule has 0 radical (unpaired) electrons. The Kier molecular flexibility index (Phi) is 9.39. The minimum atomic E-state index is -2.19. The lowest BCUT2D eigenvalue weighted by Crippen LogP contribution is -2.68. The predicted octanol–water partition coefficient (Wildman–Crippen LogP) is 3.09. The van der Waals surface area contributed by atoms with Crippen molar-refractivity contribution in [3.05, 3.63) is 34.9 Å². The van der Waals surface area contributed by atoms with Gasteiger partial charge in [0.1, 0.15) is 28.6 Å². The monoisotopic (exact) mass is 624 g/mol. The average Bonchev–Trinajstić information content (AvgIpc) is 3.63. The van der Waals surface area contributed by atoms with E-state index >= 15 is 0 Å². The molecule has 4 rings (SSSR count). The predicted molar refractivity (Wildman–Crippen MR) is 156 cm³/mol. The number of carbonyl (C=O) groups excluding carboxylic acids is 3. The molecule has 238 valence electrons. The first-order chi connectivity index (χ1) is 20.1. The van der Waals surface area contributed by atoms with Crippen molar-refractivity contribution in [2.24, 2.45) is 11.8 Å². The maximum Gasteiger partial charge on any atom is 0.411 e. The van der Waals surface area contributed by atoms with Crippen LogP contribution in [0, 0.1) is 11.8 Å². The van der Waals surface area contributed by atoms with Crippen LogP contribution in [-0.2, 0) is 35.0 Å². The normalized spacial score (nSPS) is 35.6. The Bertz CT molecular complexity index is 1290. The smallest absolute Gasteiger partial charge is 0.411 e. The lowest BCUT2D eigenvalue weighted by atomic mass is 9.81. The minimum absolute atomic E-state index is 0.243. The highest BCUT2D eigenvalue weighted by molar-refractivity contribution is 6.35. The fourth-order valence-electron chi connectivity index (χ4n) is 5.73. The lowest BCUT2D eigenvalue weighted by molar-refractivity contribution is -0.267. The Morgan fingerprint density at radius 3 is 2.56 bits per heavy atom. The molecular weight excluding hydrogens is 584 g/mol. The first kappa shape index (κ1) is 33.0. The standard InChI is InChI=1S/C30H41ClN2O10/c1-16(2)26(35)41-22-14-23(34)33(5)19-12-18(13-20(39-6)24(19)31)10-8-9-11-21(40-7)29(37)15-30(38,43-27(36)32-29)17(3)25-28(22,4)42-25/h9,11-13,16-17,21-22,25,37-38H,8,10,14-15H2,1-7H3,(H,32,36)/b11-9+/t17-,21+,22-,25-,28+,29-,30-/m0/s1. The van der Waals surface area contributed by atoms with Gasteiger partial charge in [-0.05, 0) is 37.5 Å². The molecule has 4 bridgehead atoms. The molecule has 13 heteroatoms. The van der Waals surface area contributed by atoms with Gasteiger partial charge in [0, 0.05) is 14.2 Å². The third-order valence-electron chi connectivity index (χ3n) is 8.56. The van der Waals surface area contributed by atoms with Crippen LogP contribution in [-0.4, -0.2) is 84.9 Å². The summed E-state index contributed by atoms with van der Waals surface area (Å²) in [5.41, 5.74) is -2.03. The summed E-state index contributed by atoms with van der Waals surface area (Å²) in [4.78, 5) is 40.5. The number of benzene rings is 1. The second kappa shape index (κ2) is 12.2. The van der Waals surface area contributed by atoms with Crippen LogP contribution in [0.25, 0.3) is 0 Å². The average molecular weight is 625 g/mol. The molecular formula is C30H41ClN2O10. The third-order valence-corrected chi connectivity index (χ3v) is 8.94. The minimum Gasteiger partial charge on any atom is -0.495 e. The largest absolute Gasteiger partial charge is 0.495 e. The summed E-state index contributed by atoms with van der Waals surface area (Å²) in [6.07, 6.45) is -0.319. The van der Waals surface area contributed by atoms with Gasteiger partial charge in [-0.2, -0.15) is 0 Å². The van der Waals surface area contributed by atoms with E-state index in [0.29, 0.717) is 24.3 Å². The zero-order valence-electron chi connectivity index (χ0n) is 25.5. The zero-order chi connectivity index (χ0) is 31.9. The number of epoxide rings is 1. The van der Waals surface area contributed by atoms with Gasteiger partial charge in [0.05, 0.1) is 43.6 Å². The Morgan fingerprint density at radius 1 is 1.23 bits per heavy atom. The van der Waals surface area contributed by atoms with Crippen molar-refractivity contribution in [3.8, 4) is 5.75 Å². The second-order valence-electron chi connectivity index (χ2n) is 12.0. The number of aryl methyl sites for hydroxylation is 1. The molecule has 0 spiro atoms. The van der Waals surface area contributed by atoms with Gasteiger partial charge in [-0.25, -0.2) is 4.79 Å². The summed E-state index contributed by atoms with van der Waals surface area (Å²) >= 11 is 6.63. The molecule has 0 unspecified atom stereocenters. The first-order valence-electron chi connectivity index (χ1n) is 14.2. The molecule has 0 aliphatic carbocycles. The van der Waals surface area contributed by atoms with E-state index in [1.807, 2.05) is 0 Å². The van der Waals surface area contributed by atoms with Gasteiger partial charge in [-0.15, -0.1) is 0 Å². The number of allylic oxidation sites excluding steroid dienone is 1. The van der Waals surface area contributed by atoms with Crippen LogP contribution in [0.4, 0.5) is 10.5 Å². The molecule has 1 aromatic rings. The first-order valence-corrected chi connectivity index (χ1v) is 14.6. The van der Waals surface area contributed by atoms with Crippen LogP contribution >= 0.6 is 11.6 Å². The van der Waals surface area contributed by atoms with Gasteiger partial charge in [-0.3, -0.25) is 14.9 Å². The molecule has 2 amide bonds. The fourth-order valence-corrected chi connectivity index (χ4v) is 6.05. The highest BCUT2D eigenvalue weighted by Crippen LogP contribution is 2.51. The van der Waals surface area contributed by atoms with Gasteiger partial charge in [0.25, 0.3) is 0 Å². The van der Waals surface area contributed by atoms with Crippen molar-refractivity contribution < 1.29 is 48.3 Å². The fraction of sp³-hybridized carbons (Fsp3) is 0.633. The maximum atomic E-state index is 13.7. The number of nitrogens with zero attached hydrogens (tertiary/aromatic N) is 1. The number of methoxy groups -OCH3 is 2. The second-order valence-corrected chi connectivity index (χ2v) is 12.3. The molecule has 3 aliphatic rings. The molecule has 2 fully saturated rings. The van der Waals surface area contributed by atoms with Gasteiger partial charge in [0.15, 0.2) is 5.72 Å². The van der Waals surface area contributed by atoms with Gasteiger partial charge < -0.3 is 38.8 Å². The summed E-state index contributed by atoms with van der Waals surface area (Å²) < 4.78 is 28.2. The Morgan fingerprint density at radius 2 is 1.93 bits per heavy atom. The van der Waals surface area contributed by atoms with Crippen molar-refractivity contribution in [2.75, 3.05) is 26.2 Å². The SMILES string of the molecule is COc1cc2cc(c1Cl)N(C)C(=O)C[C@H](OC(=O)C(C)C)[C@@]1(C)O[C@H]1[C@H](C)[C@]1(O)C[C@@](O)(NC(=O)O1)[C@H](OC)/C=C/CC2. The van der Waals surface area contributed by atoms with E-state index in [-0.39, 0.29) is 11.4 Å². The van der Waals surface area contributed by atoms with Crippen LogP contribution < -0.4 is 15.0 Å². The summed E-state index contributed by atoms with van der Waals surface area (Å²) in [6, 6.07) is 3.56. The quantitative estimate of drug-likeness (QED) is 0.258. The van der Waals surface area contributed by atoms with E-state index in [9.17, 15) is 24.6 Å². The third kappa shape index (κ3) is 6.48. The highest BCUT2D eigenvalue weighted by Gasteiger charge is 2.68. The van der Waals surface area contributed by atoms with Crippen molar-refractivity contribution in [1.82, 2.24) is 5.32 Å². The molecule has 0 saturated carbocycles. The van der Waals surface area contributed by atoms with E-state index in [2.05, 4.69) is 5.32 Å². The molecule has 3 heterocycles. The number of rotatable bonds is 4. The summed E-state index contributed by atoms with van der Waals surface area (Å²) in [6.45, 7) is 6.60. The highest BCUT2D eigenvalue weighted by atomic mass is 35.5. The molecule has 3 aliphatic heterocycles. The molecule has 1 aromatic carbocycles. The summed E-state index contributed by atoms with van der Waals surface area (Å²) in [5, 5.41) is 25.8. The van der Waals surface area contributed by atoms with Crippen LogP contribution in [0.1, 0.15) is 52.5 Å². The van der Waals surface area contributed by atoms with Gasteiger partial charge in [-0.1, -0.05) is 44.5 Å². The zero-order valence-corrected chi connectivity index (χ0v) is 26.3. The van der Waals surface area contributed by atoms with Crippen LogP contribution in [0.5, 0.6) is 5.75 Å². The number of halogens is 1. The van der Waals surface area contributed by atoms with Crippen molar-refractivity contribution in [2.45, 2.75) is 88.8 Å². The van der Waals surface area contributed by atoms with Crippen molar-refractivity contribution in [1.29, 1.82) is 0 Å². The molecule has 7 atom stereocenters. The van der Waals surface area contributed by atoms with Crippen molar-refractivity contribution >= 4 is 35.3 Å². The van der Waals surface area contributed by atoms with Crippen molar-refractivity contribution in [3.63, 3.8) is 0 Å². The van der Waals surface area contributed by atoms with Crippen LogP contribution in [0.3, 0.4) is 0 Å². The topological polar surface area (TPSA) is 156 Å². The lowest BCUT2D eigenvalue weighted by Gasteiger charge is -2.46. The number of aliphatic hydroxyl groups is 2. The van der Waals surface area contributed by atoms with E-state index in [1.54, 1.807) is 59.0 Å². The Balaban J connectivity index is 1.80. The summed E-state index contributed by atoms with van der Waals surface area (Å²) in [7, 11) is 4.43. The number of esters is 1. The Hall–Kier alpha value is -2.90. The molecule has 3 N–H and O–H groups in total. The number of amides is 2. The number of ether oxygens (including phenoxy) is 5. The van der Waals surface area contributed by atoms with E-state index < -0.39 is 71.7 Å². The number of carbonyl (C=O) groups is 3. The van der Waals surface area contributed by atoms with E-state index in [1.165, 1.54) is 19.1 Å². The number of alkyl carbamates (subject to hydrolysis) is 1. The molecule has 2 saturated heterocycles. The number of hydrogen-bond acceptors (Lipinski definition) is 10. The van der Waals surface area contributed by atoms with E-state index in [4.69, 9.17) is 35.3 Å². The molecule has 0 aromatic heterocycles. The molecule has 12 nitrogen and oxygen atoms in total. The maximum absolute atomic E-state index is 13.7. The number of anilines is 1. The Labute approximate surface area is 256 Å². The number of nitrogens with one attached hydrogen (secondary N) is 1. The van der Waals surface area contributed by atoms with Gasteiger partial charge in [0.2, 0.25) is 11.7 Å².